The molecule has 0 bridgehead atoms. The number of aliphatic imine (C=N–C) groups is 1. The molecule has 2 heteroatoms. The fourth-order valence-electron chi connectivity index (χ4n) is 1.58. The van der Waals surface area contributed by atoms with Gasteiger partial charge in [-0.2, -0.15) is 0 Å². The van der Waals surface area contributed by atoms with Crippen molar-refractivity contribution in [2.24, 2.45) is 4.99 Å². The van der Waals surface area contributed by atoms with Crippen LogP contribution in [0.1, 0.15) is 45.4 Å². The zero-order chi connectivity index (χ0) is 10.1. The van der Waals surface area contributed by atoms with E-state index in [4.69, 9.17) is 0 Å². The van der Waals surface area contributed by atoms with Gasteiger partial charge in [0.2, 0.25) is 0 Å². The number of unbranched alkanes of at least 4 members (excludes halogenated alkanes) is 3. The first-order chi connectivity index (χ1) is 6.93. The first kappa shape index (κ1) is 11.3. The van der Waals surface area contributed by atoms with Crippen LogP contribution in [0.3, 0.4) is 0 Å². The van der Waals surface area contributed by atoms with Gasteiger partial charge in [-0.1, -0.05) is 31.9 Å². The van der Waals surface area contributed by atoms with Gasteiger partial charge in [0.15, 0.2) is 0 Å². The van der Waals surface area contributed by atoms with Gasteiger partial charge in [-0.3, -0.25) is 4.99 Å². The van der Waals surface area contributed by atoms with Crippen molar-refractivity contribution in [3.63, 3.8) is 0 Å². The van der Waals surface area contributed by atoms with E-state index < -0.39 is 0 Å². The van der Waals surface area contributed by atoms with Crippen LogP contribution in [0.25, 0.3) is 0 Å². The maximum Gasteiger partial charge on any atom is 0.0967 e. The molecule has 1 aliphatic heterocycles. The Morgan fingerprint density at radius 3 is 2.86 bits per heavy atom. The lowest BCUT2D eigenvalue weighted by Crippen LogP contribution is -2.17. The number of nitrogens with zero attached hydrogens (tertiary/aromatic N) is 1. The third kappa shape index (κ3) is 5.05. The lowest BCUT2D eigenvalue weighted by atomic mass is 10.2. The molecule has 0 saturated heterocycles. The highest BCUT2D eigenvalue weighted by Crippen LogP contribution is 2.02. The van der Waals surface area contributed by atoms with Crippen molar-refractivity contribution < 1.29 is 0 Å². The van der Waals surface area contributed by atoms with E-state index in [9.17, 15) is 0 Å². The second kappa shape index (κ2) is 7.60. The van der Waals surface area contributed by atoms with Gasteiger partial charge in [0.1, 0.15) is 0 Å². The van der Waals surface area contributed by atoms with Crippen LogP contribution in [0.2, 0.25) is 0 Å². The van der Waals surface area contributed by atoms with E-state index in [1.807, 2.05) is 0 Å². The summed E-state index contributed by atoms with van der Waals surface area (Å²) in [5.41, 5.74) is 0. The van der Waals surface area contributed by atoms with Gasteiger partial charge in [0, 0.05) is 13.0 Å². The van der Waals surface area contributed by atoms with Crippen molar-refractivity contribution in [3.8, 4) is 0 Å². The van der Waals surface area contributed by atoms with Crippen LogP contribution in [0.5, 0.6) is 0 Å². The predicted octanol–water partition coefficient (Wildman–Crippen LogP) is 2.90. The molecule has 0 aromatic heterocycles. The molecule has 1 aliphatic rings. The standard InChI is InChI=1S/C12H22N2/c1-2-3-4-5-6-7-8-9-12-13-10-11-14-12/h6-7H,2-5,8-11H2,1H3,(H,13,14)/b7-6+. The average molecular weight is 194 g/mol. The summed E-state index contributed by atoms with van der Waals surface area (Å²) in [5, 5.41) is 3.28. The van der Waals surface area contributed by atoms with E-state index in [1.54, 1.807) is 0 Å². The number of nitrogens with one attached hydrogen (secondary N) is 1. The van der Waals surface area contributed by atoms with E-state index in [0.29, 0.717) is 0 Å². The molecule has 14 heavy (non-hydrogen) atoms. The highest BCUT2D eigenvalue weighted by molar-refractivity contribution is 5.83. The highest BCUT2D eigenvalue weighted by Gasteiger charge is 2.01. The number of amidine groups is 1. The molecule has 80 valence electrons. The Balaban J connectivity index is 1.92. The fourth-order valence-corrected chi connectivity index (χ4v) is 1.58. The number of hydrogen-bond donors (Lipinski definition) is 1. The van der Waals surface area contributed by atoms with Crippen molar-refractivity contribution in [2.45, 2.75) is 45.4 Å². The predicted molar refractivity (Wildman–Crippen MR) is 62.8 cm³/mol. The Morgan fingerprint density at radius 1 is 1.29 bits per heavy atom. The summed E-state index contributed by atoms with van der Waals surface area (Å²) in [6.45, 7) is 4.25. The van der Waals surface area contributed by atoms with Crippen molar-refractivity contribution in [3.05, 3.63) is 12.2 Å². The lowest BCUT2D eigenvalue weighted by molar-refractivity contribution is 0.728. The fraction of sp³-hybridized carbons (Fsp3) is 0.750. The molecule has 0 amide bonds. The van der Waals surface area contributed by atoms with Crippen molar-refractivity contribution >= 4 is 5.84 Å². The molecule has 1 rings (SSSR count). The molecule has 0 saturated carbocycles. The lowest BCUT2D eigenvalue weighted by Gasteiger charge is -1.97. The van der Waals surface area contributed by atoms with E-state index in [2.05, 4.69) is 29.4 Å². The molecule has 0 radical (unpaired) electrons. The first-order valence-electron chi connectivity index (χ1n) is 5.85. The Hall–Kier alpha value is -0.790. The van der Waals surface area contributed by atoms with Crippen molar-refractivity contribution in [2.75, 3.05) is 13.1 Å². The minimum Gasteiger partial charge on any atom is -0.372 e. The van der Waals surface area contributed by atoms with Crippen LogP contribution >= 0.6 is 0 Å². The Kier molecular flexibility index (Phi) is 6.13. The van der Waals surface area contributed by atoms with Gasteiger partial charge in [-0.05, 0) is 19.3 Å². The van der Waals surface area contributed by atoms with Crippen LogP contribution in [-0.4, -0.2) is 18.9 Å². The largest absolute Gasteiger partial charge is 0.372 e. The maximum atomic E-state index is 4.35. The molecule has 1 N–H and O–H groups in total. The third-order valence-corrected chi connectivity index (χ3v) is 2.43. The highest BCUT2D eigenvalue weighted by atomic mass is 15.1. The van der Waals surface area contributed by atoms with Crippen LogP contribution in [0, 0.1) is 0 Å². The van der Waals surface area contributed by atoms with E-state index >= 15 is 0 Å². The molecule has 0 spiro atoms. The molecular weight excluding hydrogens is 172 g/mol. The number of allylic oxidation sites excluding steroid dienone is 2. The SMILES string of the molecule is CCCCC/C=C/CCC1=NCCN1. The summed E-state index contributed by atoms with van der Waals surface area (Å²) >= 11 is 0. The van der Waals surface area contributed by atoms with Crippen LogP contribution in [0.15, 0.2) is 17.1 Å². The Labute approximate surface area is 87.5 Å². The molecule has 0 atom stereocenters. The molecule has 0 aliphatic carbocycles. The summed E-state index contributed by atoms with van der Waals surface area (Å²) in [6.07, 6.45) is 12.1. The summed E-state index contributed by atoms with van der Waals surface area (Å²) in [4.78, 5) is 4.35. The van der Waals surface area contributed by atoms with Gasteiger partial charge in [0.05, 0.1) is 12.4 Å². The third-order valence-electron chi connectivity index (χ3n) is 2.43. The molecular formula is C12H22N2. The molecule has 2 nitrogen and oxygen atoms in total. The van der Waals surface area contributed by atoms with E-state index in [1.165, 1.54) is 31.5 Å². The van der Waals surface area contributed by atoms with Gasteiger partial charge in [-0.25, -0.2) is 0 Å². The topological polar surface area (TPSA) is 24.4 Å². The summed E-state index contributed by atoms with van der Waals surface area (Å²) < 4.78 is 0. The minimum atomic E-state index is 0.968. The Bertz CT molecular complexity index is 194. The summed E-state index contributed by atoms with van der Waals surface area (Å²) in [6, 6.07) is 0. The average Bonchev–Trinajstić information content (AvgIpc) is 2.69. The van der Waals surface area contributed by atoms with E-state index in [0.717, 1.165) is 25.9 Å². The summed E-state index contributed by atoms with van der Waals surface area (Å²) in [5.74, 6) is 1.20. The smallest absolute Gasteiger partial charge is 0.0967 e. The van der Waals surface area contributed by atoms with Crippen LogP contribution in [0.4, 0.5) is 0 Å². The molecule has 1 heterocycles. The number of rotatable bonds is 7. The van der Waals surface area contributed by atoms with Crippen LogP contribution < -0.4 is 5.32 Å². The van der Waals surface area contributed by atoms with Gasteiger partial charge >= 0.3 is 0 Å². The van der Waals surface area contributed by atoms with E-state index in [-0.39, 0.29) is 0 Å². The van der Waals surface area contributed by atoms with Crippen molar-refractivity contribution in [1.82, 2.24) is 5.32 Å². The zero-order valence-electron chi connectivity index (χ0n) is 9.26. The minimum absolute atomic E-state index is 0.968. The first-order valence-corrected chi connectivity index (χ1v) is 5.85. The maximum absolute atomic E-state index is 4.35. The van der Waals surface area contributed by atoms with Crippen molar-refractivity contribution in [1.29, 1.82) is 0 Å². The zero-order valence-corrected chi connectivity index (χ0v) is 9.26. The monoisotopic (exact) mass is 194 g/mol. The van der Waals surface area contributed by atoms with Gasteiger partial charge < -0.3 is 5.32 Å². The normalized spacial score (nSPS) is 15.9. The molecule has 0 aromatic carbocycles. The quantitative estimate of drug-likeness (QED) is 0.489. The molecule has 0 fully saturated rings. The second-order valence-corrected chi connectivity index (χ2v) is 3.76. The van der Waals surface area contributed by atoms with Crippen LogP contribution in [-0.2, 0) is 0 Å². The number of hydrogen-bond acceptors (Lipinski definition) is 2. The molecule has 0 unspecified atom stereocenters. The second-order valence-electron chi connectivity index (χ2n) is 3.76. The summed E-state index contributed by atoms with van der Waals surface area (Å²) in [7, 11) is 0. The molecule has 0 aromatic rings. The van der Waals surface area contributed by atoms with Gasteiger partial charge in [0.25, 0.3) is 0 Å². The van der Waals surface area contributed by atoms with Gasteiger partial charge in [-0.15, -0.1) is 0 Å². The Morgan fingerprint density at radius 2 is 2.14 bits per heavy atom.